The zero-order valence-electron chi connectivity index (χ0n) is 30.0. The van der Waals surface area contributed by atoms with Crippen LogP contribution in [0.25, 0.3) is 0 Å². The van der Waals surface area contributed by atoms with Gasteiger partial charge in [-0.15, -0.1) is 11.3 Å². The van der Waals surface area contributed by atoms with Crippen molar-refractivity contribution in [1.82, 2.24) is 10.2 Å². The highest BCUT2D eigenvalue weighted by atomic mass is 35.5. The molecule has 9 nitrogen and oxygen atoms in total. The van der Waals surface area contributed by atoms with Gasteiger partial charge in [-0.1, -0.05) is 89.9 Å². The summed E-state index contributed by atoms with van der Waals surface area (Å²) >= 11 is 14.3. The van der Waals surface area contributed by atoms with Crippen LogP contribution in [0.1, 0.15) is 68.2 Å². The number of carbonyl (C=O) groups excluding carboxylic acids is 2. The predicted octanol–water partition coefficient (Wildman–Crippen LogP) is 8.21. The van der Waals surface area contributed by atoms with Crippen molar-refractivity contribution in [3.8, 4) is 11.5 Å². The number of rotatable bonds is 15. The van der Waals surface area contributed by atoms with Crippen molar-refractivity contribution in [3.05, 3.63) is 145 Å². The van der Waals surface area contributed by atoms with Crippen LogP contribution in [0.2, 0.25) is 10.0 Å². The number of H-pyrrole nitrogens is 1. The van der Waals surface area contributed by atoms with Gasteiger partial charge in [-0.25, -0.2) is 14.6 Å². The van der Waals surface area contributed by atoms with Crippen molar-refractivity contribution in [2.24, 2.45) is 0 Å². The Hall–Kier alpha value is -4.45. The largest absolute Gasteiger partial charge is 0.493 e. The number of benzene rings is 3. The van der Waals surface area contributed by atoms with E-state index in [1.807, 2.05) is 48.5 Å². The topological polar surface area (TPSA) is 100 Å². The number of aromatic amines is 1. The maximum absolute atomic E-state index is 13.9. The first-order chi connectivity index (χ1) is 26.3. The number of fused-ring (bicyclic) bond motifs is 2. The Labute approximate surface area is 329 Å². The van der Waals surface area contributed by atoms with Gasteiger partial charge in [0, 0.05) is 48.5 Å². The van der Waals surface area contributed by atoms with E-state index in [4.69, 9.17) is 42.1 Å². The normalized spacial score (nSPS) is 18.9. The van der Waals surface area contributed by atoms with Crippen LogP contribution in [-0.4, -0.2) is 49.2 Å². The Bertz CT molecular complexity index is 2050. The molecule has 0 spiro atoms. The highest BCUT2D eigenvalue weighted by Gasteiger charge is 2.48. The van der Waals surface area contributed by atoms with E-state index in [9.17, 15) is 9.59 Å². The number of hydrogen-bond donors (Lipinski definition) is 1. The molecule has 12 heteroatoms. The number of carbonyl (C=O) groups is 2. The second kappa shape index (κ2) is 17.3. The molecule has 2 aliphatic rings. The summed E-state index contributed by atoms with van der Waals surface area (Å²) in [6, 6.07) is 29.0. The minimum absolute atomic E-state index is 0.159. The lowest BCUT2D eigenvalue weighted by Crippen LogP contribution is -2.38. The first kappa shape index (κ1) is 37.8. The van der Waals surface area contributed by atoms with Gasteiger partial charge in [0.1, 0.15) is 33.2 Å². The number of hydrogen-bond acceptors (Lipinski definition) is 9. The lowest BCUT2D eigenvalue weighted by Gasteiger charge is -2.26. The standard InChI is InChI=1S/C42H41Cl2N3O6S/c1-50-35-17-13-28(19-38(35)51-2)36(21-31-32(43)23-45-24-33(31)44)52-41(48)39-18-15-30(54-39)22-46-40(27-11-7-4-8-12-27)42(49)53-37-20-29-14-16-34(37)47(29)25-26-9-5-3-6-10-26/h3-13,15,17-19,23-24,29,34,36-37,40,46H,14,16,20-22,25H2,1-2H3/p+1/t29?,34?,36-,37?,40?/m0/s1. The fourth-order valence-electron chi connectivity index (χ4n) is 7.52. The third-order valence-corrected chi connectivity index (χ3v) is 12.0. The number of halogens is 2. The van der Waals surface area contributed by atoms with Crippen LogP contribution in [0.15, 0.2) is 103 Å². The summed E-state index contributed by atoms with van der Waals surface area (Å²) in [5.41, 5.74) is 3.40. The Morgan fingerprint density at radius 1 is 0.889 bits per heavy atom. The van der Waals surface area contributed by atoms with Crippen LogP contribution in [0.5, 0.6) is 11.5 Å². The van der Waals surface area contributed by atoms with E-state index in [1.54, 1.807) is 44.8 Å². The second-order valence-electron chi connectivity index (χ2n) is 13.5. The molecule has 5 aromatic rings. The highest BCUT2D eigenvalue weighted by molar-refractivity contribution is 7.13. The van der Waals surface area contributed by atoms with Gasteiger partial charge < -0.3 is 18.9 Å². The third kappa shape index (κ3) is 8.59. The number of ether oxygens (including phenoxy) is 4. The van der Waals surface area contributed by atoms with E-state index >= 15 is 0 Å². The number of methoxy groups -OCH3 is 2. The second-order valence-corrected chi connectivity index (χ2v) is 15.5. The van der Waals surface area contributed by atoms with Crippen LogP contribution in [0, 0.1) is 0 Å². The molecule has 4 unspecified atom stereocenters. The van der Waals surface area contributed by atoms with Crippen molar-refractivity contribution in [2.45, 2.75) is 69.1 Å². The van der Waals surface area contributed by atoms with Crippen molar-refractivity contribution in [2.75, 3.05) is 14.2 Å². The summed E-state index contributed by atoms with van der Waals surface area (Å²) in [6.07, 6.45) is 5.56. The van der Waals surface area contributed by atoms with E-state index in [0.717, 1.165) is 36.2 Å². The maximum Gasteiger partial charge on any atom is 0.348 e. The maximum atomic E-state index is 13.9. The summed E-state index contributed by atoms with van der Waals surface area (Å²) in [4.78, 5) is 34.3. The van der Waals surface area contributed by atoms with Gasteiger partial charge in [0.05, 0.1) is 14.2 Å². The number of nitrogens with one attached hydrogen (secondary N) is 2. The van der Waals surface area contributed by atoms with Crippen LogP contribution in [0.4, 0.5) is 0 Å². The Morgan fingerprint density at radius 2 is 1.61 bits per heavy atom. The predicted molar refractivity (Wildman–Crippen MR) is 208 cm³/mol. The van der Waals surface area contributed by atoms with E-state index < -0.39 is 18.1 Å². The smallest absolute Gasteiger partial charge is 0.348 e. The molecule has 2 bridgehead atoms. The number of pyridine rings is 1. The molecule has 280 valence electrons. The van der Waals surface area contributed by atoms with Gasteiger partial charge in [-0.3, -0.25) is 10.2 Å². The minimum atomic E-state index is -0.745. The summed E-state index contributed by atoms with van der Waals surface area (Å²) in [6.45, 7) is 1.20. The van der Waals surface area contributed by atoms with Crippen molar-refractivity contribution in [1.29, 1.82) is 0 Å². The molecule has 2 saturated heterocycles. The summed E-state index contributed by atoms with van der Waals surface area (Å²) in [5.74, 6) is 0.236. The summed E-state index contributed by atoms with van der Waals surface area (Å²) in [5, 5.41) is 4.26. The number of esters is 2. The fraction of sp³-hybridized carbons (Fsp3) is 0.310. The van der Waals surface area contributed by atoms with Gasteiger partial charge in [0.15, 0.2) is 23.9 Å². The molecule has 2 N–H and O–H groups in total. The first-order valence-corrected chi connectivity index (χ1v) is 19.5. The minimum Gasteiger partial charge on any atom is -0.493 e. The van der Waals surface area contributed by atoms with Crippen LogP contribution >= 0.6 is 34.5 Å². The van der Waals surface area contributed by atoms with Crippen LogP contribution < -0.4 is 19.8 Å². The fourth-order valence-corrected chi connectivity index (χ4v) is 8.89. The first-order valence-electron chi connectivity index (χ1n) is 17.9. The number of aromatic nitrogens is 1. The molecule has 2 aromatic heterocycles. The lowest BCUT2D eigenvalue weighted by molar-refractivity contribution is -0.377. The summed E-state index contributed by atoms with van der Waals surface area (Å²) in [7, 11) is 3.11. The van der Waals surface area contributed by atoms with Gasteiger partial charge in [-0.2, -0.15) is 0 Å². The average Bonchev–Trinajstić information content (AvgIpc) is 3.91. The van der Waals surface area contributed by atoms with Gasteiger partial charge in [0.2, 0.25) is 0 Å². The van der Waals surface area contributed by atoms with E-state index in [-0.39, 0.29) is 24.5 Å². The van der Waals surface area contributed by atoms with Crippen molar-refractivity contribution >= 4 is 46.5 Å². The van der Waals surface area contributed by atoms with Gasteiger partial charge in [0.25, 0.3) is 0 Å². The molecule has 3 aromatic carbocycles. The highest BCUT2D eigenvalue weighted by Crippen LogP contribution is 2.41. The van der Waals surface area contributed by atoms with Gasteiger partial charge in [-0.05, 0) is 53.8 Å². The number of thiophene rings is 1. The molecule has 2 fully saturated rings. The molecule has 7 rings (SSSR count). The molecular weight excluding hydrogens is 745 g/mol. The zero-order chi connectivity index (χ0) is 37.6. The van der Waals surface area contributed by atoms with E-state index in [1.165, 1.54) is 16.9 Å². The zero-order valence-corrected chi connectivity index (χ0v) is 32.3. The Kier molecular flexibility index (Phi) is 12.2. The van der Waals surface area contributed by atoms with E-state index in [2.05, 4.69) is 39.5 Å². The van der Waals surface area contributed by atoms with Crippen LogP contribution in [0.3, 0.4) is 0 Å². The molecule has 54 heavy (non-hydrogen) atoms. The molecule has 0 amide bonds. The SMILES string of the molecule is COc1ccc([C@H](Cc2c(Cl)c[nH+]cc2Cl)OC(=O)c2ccc(CNC(C(=O)OC3CC4CCC3N4Cc3ccccc3)c3ccccc3)s2)cc1OC. The molecule has 5 atom stereocenters. The number of nitrogens with zero attached hydrogens (tertiary/aromatic N) is 1. The third-order valence-electron chi connectivity index (χ3n) is 10.2. The summed E-state index contributed by atoms with van der Waals surface area (Å²) < 4.78 is 23.4. The Balaban J connectivity index is 1.04. The Morgan fingerprint density at radius 3 is 2.33 bits per heavy atom. The van der Waals surface area contributed by atoms with Crippen molar-refractivity contribution < 1.29 is 33.5 Å². The van der Waals surface area contributed by atoms with Crippen molar-refractivity contribution in [3.63, 3.8) is 0 Å². The molecular formula is C42H42Cl2N3O6S+. The molecule has 0 saturated carbocycles. The van der Waals surface area contributed by atoms with Gasteiger partial charge >= 0.3 is 11.9 Å². The lowest BCUT2D eigenvalue weighted by atomic mass is 9.97. The molecule has 0 radical (unpaired) electrons. The molecule has 4 heterocycles. The quantitative estimate of drug-likeness (QED) is 0.106. The van der Waals surface area contributed by atoms with E-state index in [0.29, 0.717) is 50.1 Å². The molecule has 2 aliphatic heterocycles. The average molecular weight is 788 g/mol. The molecule has 0 aliphatic carbocycles. The van der Waals surface area contributed by atoms with Crippen LogP contribution in [-0.2, 0) is 33.8 Å². The monoisotopic (exact) mass is 786 g/mol.